The third-order valence-electron chi connectivity index (χ3n) is 2.10. The molecule has 6 heteroatoms. The van der Waals surface area contributed by atoms with Crippen molar-refractivity contribution < 1.29 is 4.39 Å². The number of aromatic nitrogens is 4. The molecule has 0 aliphatic carbocycles. The molecule has 5 nitrogen and oxygen atoms in total. The van der Waals surface area contributed by atoms with Gasteiger partial charge < -0.3 is 5.73 Å². The molecule has 0 bridgehead atoms. The molecular weight excluding hydrogens is 209 g/mol. The maximum absolute atomic E-state index is 13.0. The average Bonchev–Trinajstić information content (AvgIpc) is 2.75. The number of hydrogen-bond acceptors (Lipinski definition) is 4. The Hall–Kier alpha value is -1.82. The highest BCUT2D eigenvalue weighted by Crippen LogP contribution is 2.14. The van der Waals surface area contributed by atoms with E-state index in [1.807, 2.05) is 0 Å². The van der Waals surface area contributed by atoms with E-state index in [4.69, 9.17) is 5.73 Å². The van der Waals surface area contributed by atoms with Crippen LogP contribution in [0.3, 0.4) is 0 Å². The lowest BCUT2D eigenvalue weighted by molar-refractivity contribution is 0.504. The van der Waals surface area contributed by atoms with Crippen LogP contribution in [0, 0.1) is 5.82 Å². The molecule has 0 radical (unpaired) electrons. The van der Waals surface area contributed by atoms with Crippen LogP contribution in [0.4, 0.5) is 4.39 Å². The minimum absolute atomic E-state index is 0.309. The SMILES string of the molecule is NCCCn1nnc(-c2cccc(F)c2)n1. The van der Waals surface area contributed by atoms with Gasteiger partial charge in [-0.1, -0.05) is 12.1 Å². The average molecular weight is 221 g/mol. The third kappa shape index (κ3) is 2.40. The quantitative estimate of drug-likeness (QED) is 0.830. The number of tetrazole rings is 1. The van der Waals surface area contributed by atoms with Crippen LogP contribution in [0.25, 0.3) is 11.4 Å². The molecule has 0 spiro atoms. The Morgan fingerprint density at radius 2 is 2.25 bits per heavy atom. The van der Waals surface area contributed by atoms with Crippen molar-refractivity contribution in [3.05, 3.63) is 30.1 Å². The van der Waals surface area contributed by atoms with E-state index < -0.39 is 0 Å². The first-order valence-electron chi connectivity index (χ1n) is 5.03. The molecule has 0 atom stereocenters. The van der Waals surface area contributed by atoms with Crippen molar-refractivity contribution in [2.45, 2.75) is 13.0 Å². The fourth-order valence-electron chi connectivity index (χ4n) is 1.31. The summed E-state index contributed by atoms with van der Waals surface area (Å²) in [4.78, 5) is 1.47. The molecule has 16 heavy (non-hydrogen) atoms. The van der Waals surface area contributed by atoms with Crippen molar-refractivity contribution in [1.29, 1.82) is 0 Å². The number of benzene rings is 1. The highest BCUT2D eigenvalue weighted by atomic mass is 19.1. The van der Waals surface area contributed by atoms with Gasteiger partial charge >= 0.3 is 0 Å². The second-order valence-electron chi connectivity index (χ2n) is 3.36. The number of nitrogens with zero attached hydrogens (tertiary/aromatic N) is 4. The summed E-state index contributed by atoms with van der Waals surface area (Å²) < 4.78 is 13.0. The van der Waals surface area contributed by atoms with Gasteiger partial charge in [0.2, 0.25) is 5.82 Å². The van der Waals surface area contributed by atoms with Crippen molar-refractivity contribution >= 4 is 0 Å². The van der Waals surface area contributed by atoms with Gasteiger partial charge in [-0.3, -0.25) is 0 Å². The molecule has 0 aliphatic rings. The summed E-state index contributed by atoms with van der Waals surface area (Å²) in [7, 11) is 0. The first-order chi connectivity index (χ1) is 7.79. The first kappa shape index (κ1) is 10.7. The Bertz CT molecular complexity index is 468. The van der Waals surface area contributed by atoms with Crippen LogP contribution >= 0.6 is 0 Å². The molecule has 0 fully saturated rings. The van der Waals surface area contributed by atoms with Crippen LogP contribution in [0.1, 0.15) is 6.42 Å². The van der Waals surface area contributed by atoms with Crippen molar-refractivity contribution in [2.75, 3.05) is 6.54 Å². The topological polar surface area (TPSA) is 69.6 Å². The summed E-state index contributed by atoms with van der Waals surface area (Å²) in [5, 5.41) is 11.8. The lowest BCUT2D eigenvalue weighted by Crippen LogP contribution is -2.08. The zero-order valence-corrected chi connectivity index (χ0v) is 8.67. The van der Waals surface area contributed by atoms with Crippen molar-refractivity contribution in [1.82, 2.24) is 20.2 Å². The highest BCUT2D eigenvalue weighted by Gasteiger charge is 2.05. The van der Waals surface area contributed by atoms with E-state index in [0.29, 0.717) is 24.5 Å². The predicted octanol–water partition coefficient (Wildman–Crippen LogP) is 0.828. The Labute approximate surface area is 92.1 Å². The number of halogens is 1. The minimum atomic E-state index is -0.309. The summed E-state index contributed by atoms with van der Waals surface area (Å²) >= 11 is 0. The van der Waals surface area contributed by atoms with Gasteiger partial charge in [-0.2, -0.15) is 4.80 Å². The molecule has 1 aromatic heterocycles. The Balaban J connectivity index is 2.18. The van der Waals surface area contributed by atoms with Gasteiger partial charge in [0, 0.05) is 5.56 Å². The molecule has 0 saturated heterocycles. The Morgan fingerprint density at radius 1 is 1.38 bits per heavy atom. The summed E-state index contributed by atoms with van der Waals surface area (Å²) in [6, 6.07) is 6.12. The predicted molar refractivity (Wildman–Crippen MR) is 56.9 cm³/mol. The molecule has 0 aliphatic heterocycles. The Morgan fingerprint density at radius 3 is 3.00 bits per heavy atom. The highest BCUT2D eigenvalue weighted by molar-refractivity contribution is 5.53. The molecule has 1 aromatic carbocycles. The third-order valence-corrected chi connectivity index (χ3v) is 2.10. The van der Waals surface area contributed by atoms with E-state index in [1.54, 1.807) is 12.1 Å². The molecule has 1 heterocycles. The zero-order valence-electron chi connectivity index (χ0n) is 8.67. The van der Waals surface area contributed by atoms with E-state index in [1.165, 1.54) is 16.9 Å². The summed E-state index contributed by atoms with van der Waals surface area (Å²) in [5.74, 6) is 0.118. The smallest absolute Gasteiger partial charge is 0.205 e. The van der Waals surface area contributed by atoms with E-state index in [9.17, 15) is 4.39 Å². The first-order valence-corrected chi connectivity index (χ1v) is 5.03. The lowest BCUT2D eigenvalue weighted by atomic mass is 10.2. The van der Waals surface area contributed by atoms with Gasteiger partial charge in [-0.25, -0.2) is 4.39 Å². The molecule has 2 N–H and O–H groups in total. The van der Waals surface area contributed by atoms with Crippen LogP contribution in [0.15, 0.2) is 24.3 Å². The fraction of sp³-hybridized carbons (Fsp3) is 0.300. The number of rotatable bonds is 4. The largest absolute Gasteiger partial charge is 0.330 e. The molecule has 0 unspecified atom stereocenters. The molecule has 0 saturated carbocycles. The van der Waals surface area contributed by atoms with Gasteiger partial charge in [0.05, 0.1) is 6.54 Å². The maximum Gasteiger partial charge on any atom is 0.205 e. The zero-order chi connectivity index (χ0) is 11.4. The van der Waals surface area contributed by atoms with E-state index in [2.05, 4.69) is 15.4 Å². The Kier molecular flexibility index (Phi) is 3.21. The number of nitrogens with two attached hydrogens (primary N) is 1. The molecule has 2 rings (SSSR count). The van der Waals surface area contributed by atoms with Crippen LogP contribution in [0.2, 0.25) is 0 Å². The normalized spacial score (nSPS) is 10.6. The summed E-state index contributed by atoms with van der Waals surface area (Å²) in [6.45, 7) is 1.20. The van der Waals surface area contributed by atoms with Crippen molar-refractivity contribution in [2.24, 2.45) is 5.73 Å². The minimum Gasteiger partial charge on any atom is -0.330 e. The summed E-state index contributed by atoms with van der Waals surface area (Å²) in [6.07, 6.45) is 0.791. The van der Waals surface area contributed by atoms with E-state index >= 15 is 0 Å². The second-order valence-corrected chi connectivity index (χ2v) is 3.36. The number of aryl methyl sites for hydroxylation is 1. The van der Waals surface area contributed by atoms with Gasteiger partial charge in [0.1, 0.15) is 5.82 Å². The van der Waals surface area contributed by atoms with Gasteiger partial charge in [-0.15, -0.1) is 10.2 Å². The molecule has 2 aromatic rings. The van der Waals surface area contributed by atoms with Crippen LogP contribution in [-0.4, -0.2) is 26.8 Å². The maximum atomic E-state index is 13.0. The number of hydrogen-bond donors (Lipinski definition) is 1. The van der Waals surface area contributed by atoms with Gasteiger partial charge in [0.25, 0.3) is 0 Å². The summed E-state index contributed by atoms with van der Waals surface area (Å²) in [5.41, 5.74) is 6.00. The van der Waals surface area contributed by atoms with Gasteiger partial charge in [-0.05, 0) is 30.3 Å². The molecular formula is C10H12FN5. The van der Waals surface area contributed by atoms with Crippen LogP contribution in [0.5, 0.6) is 0 Å². The second kappa shape index (κ2) is 4.80. The van der Waals surface area contributed by atoms with Crippen LogP contribution in [-0.2, 0) is 6.54 Å². The van der Waals surface area contributed by atoms with Crippen LogP contribution < -0.4 is 5.73 Å². The molecule has 0 amide bonds. The van der Waals surface area contributed by atoms with E-state index in [-0.39, 0.29) is 5.82 Å². The van der Waals surface area contributed by atoms with E-state index in [0.717, 1.165) is 6.42 Å². The lowest BCUT2D eigenvalue weighted by Gasteiger charge is -1.95. The standard InChI is InChI=1S/C10H12FN5/c11-9-4-1-3-8(7-9)10-13-15-16(14-10)6-2-5-12/h1,3-4,7H,2,5-6,12H2. The van der Waals surface area contributed by atoms with Crippen molar-refractivity contribution in [3.63, 3.8) is 0 Å². The van der Waals surface area contributed by atoms with Crippen molar-refractivity contribution in [3.8, 4) is 11.4 Å². The van der Waals surface area contributed by atoms with Gasteiger partial charge in [0.15, 0.2) is 0 Å². The fourth-order valence-corrected chi connectivity index (χ4v) is 1.31. The monoisotopic (exact) mass is 221 g/mol. The molecule has 84 valence electrons.